The summed E-state index contributed by atoms with van der Waals surface area (Å²) in [6.07, 6.45) is 1.11. The molecule has 2 aromatic rings. The summed E-state index contributed by atoms with van der Waals surface area (Å²) in [5.41, 5.74) is 2.02. The molecule has 0 aliphatic rings. The molecule has 116 valence electrons. The molecule has 0 aromatic heterocycles. The fourth-order valence-corrected chi connectivity index (χ4v) is 2.41. The van der Waals surface area contributed by atoms with Crippen LogP contribution in [0.1, 0.15) is 31.7 Å². The second-order valence-electron chi connectivity index (χ2n) is 5.20. The summed E-state index contributed by atoms with van der Waals surface area (Å²) < 4.78 is 6.37. The zero-order valence-corrected chi connectivity index (χ0v) is 14.4. The van der Waals surface area contributed by atoms with E-state index < -0.39 is 0 Å². The molecule has 0 spiro atoms. The highest BCUT2D eigenvalue weighted by Crippen LogP contribution is 2.22. The molecule has 4 heteroatoms. The molecule has 1 atom stereocenters. The first-order chi connectivity index (χ1) is 10.6. The standard InChI is InChI=1S/C18H20BrNO2/c1-3-13(2)14-8-10-15(11-9-14)22-12-18(21)20-17-7-5-4-6-16(17)19/h4-11,13H,3,12H2,1-2H3,(H,20,21). The summed E-state index contributed by atoms with van der Waals surface area (Å²) in [7, 11) is 0. The number of benzene rings is 2. The number of hydrogen-bond donors (Lipinski definition) is 1. The smallest absolute Gasteiger partial charge is 0.262 e. The van der Waals surface area contributed by atoms with E-state index in [1.807, 2.05) is 36.4 Å². The van der Waals surface area contributed by atoms with Crippen LogP contribution in [0, 0.1) is 0 Å². The van der Waals surface area contributed by atoms with E-state index >= 15 is 0 Å². The van der Waals surface area contributed by atoms with Gasteiger partial charge in [0.2, 0.25) is 0 Å². The maximum absolute atomic E-state index is 11.9. The van der Waals surface area contributed by atoms with Crippen molar-refractivity contribution in [3.63, 3.8) is 0 Å². The maximum Gasteiger partial charge on any atom is 0.262 e. The molecule has 0 saturated heterocycles. The van der Waals surface area contributed by atoms with Gasteiger partial charge in [0.05, 0.1) is 5.69 Å². The molecular formula is C18H20BrNO2. The fourth-order valence-electron chi connectivity index (χ4n) is 2.03. The van der Waals surface area contributed by atoms with E-state index in [9.17, 15) is 4.79 Å². The third-order valence-electron chi connectivity index (χ3n) is 3.58. The summed E-state index contributed by atoms with van der Waals surface area (Å²) in [6.45, 7) is 4.35. The van der Waals surface area contributed by atoms with Gasteiger partial charge in [-0.1, -0.05) is 38.1 Å². The Labute approximate surface area is 139 Å². The monoisotopic (exact) mass is 361 g/mol. The van der Waals surface area contributed by atoms with Gasteiger partial charge in [0, 0.05) is 4.47 Å². The van der Waals surface area contributed by atoms with Crippen molar-refractivity contribution < 1.29 is 9.53 Å². The van der Waals surface area contributed by atoms with Crippen molar-refractivity contribution in [2.24, 2.45) is 0 Å². The van der Waals surface area contributed by atoms with Crippen LogP contribution in [-0.2, 0) is 4.79 Å². The summed E-state index contributed by atoms with van der Waals surface area (Å²) >= 11 is 3.39. The van der Waals surface area contributed by atoms with E-state index in [2.05, 4.69) is 47.2 Å². The van der Waals surface area contributed by atoms with E-state index in [0.717, 1.165) is 16.6 Å². The van der Waals surface area contributed by atoms with Crippen molar-refractivity contribution in [3.8, 4) is 5.75 Å². The number of hydrogen-bond acceptors (Lipinski definition) is 2. The van der Waals surface area contributed by atoms with Crippen molar-refractivity contribution in [1.29, 1.82) is 0 Å². The van der Waals surface area contributed by atoms with Gasteiger partial charge in [0.15, 0.2) is 6.61 Å². The van der Waals surface area contributed by atoms with Crippen molar-refractivity contribution in [2.45, 2.75) is 26.2 Å². The quantitative estimate of drug-likeness (QED) is 0.787. The van der Waals surface area contributed by atoms with Crippen molar-refractivity contribution in [1.82, 2.24) is 0 Å². The van der Waals surface area contributed by atoms with Crippen molar-refractivity contribution in [2.75, 3.05) is 11.9 Å². The first kappa shape index (κ1) is 16.6. The second kappa shape index (κ2) is 7.99. The number of halogens is 1. The van der Waals surface area contributed by atoms with E-state index in [0.29, 0.717) is 11.7 Å². The number of ether oxygens (including phenoxy) is 1. The molecule has 1 amide bonds. The van der Waals surface area contributed by atoms with Crippen LogP contribution in [0.5, 0.6) is 5.75 Å². The normalized spacial score (nSPS) is 11.8. The van der Waals surface area contributed by atoms with E-state index in [-0.39, 0.29) is 12.5 Å². The van der Waals surface area contributed by atoms with Gasteiger partial charge in [-0.15, -0.1) is 0 Å². The lowest BCUT2D eigenvalue weighted by molar-refractivity contribution is -0.118. The topological polar surface area (TPSA) is 38.3 Å². The lowest BCUT2D eigenvalue weighted by atomic mass is 9.99. The van der Waals surface area contributed by atoms with Crippen LogP contribution in [0.25, 0.3) is 0 Å². The average Bonchev–Trinajstić information content (AvgIpc) is 2.55. The molecule has 0 saturated carbocycles. The molecule has 1 N–H and O–H groups in total. The van der Waals surface area contributed by atoms with Crippen molar-refractivity contribution >= 4 is 27.5 Å². The summed E-state index contributed by atoms with van der Waals surface area (Å²) in [5, 5.41) is 2.81. The minimum Gasteiger partial charge on any atom is -0.484 e. The number of nitrogens with one attached hydrogen (secondary N) is 1. The highest BCUT2D eigenvalue weighted by molar-refractivity contribution is 9.10. The Morgan fingerprint density at radius 1 is 1.18 bits per heavy atom. The average molecular weight is 362 g/mol. The third kappa shape index (κ3) is 4.60. The largest absolute Gasteiger partial charge is 0.484 e. The summed E-state index contributed by atoms with van der Waals surface area (Å²) in [4.78, 5) is 11.9. The van der Waals surface area contributed by atoms with Crippen LogP contribution < -0.4 is 10.1 Å². The van der Waals surface area contributed by atoms with Gasteiger partial charge in [-0.25, -0.2) is 0 Å². The first-order valence-electron chi connectivity index (χ1n) is 7.37. The Bertz CT molecular complexity index is 625. The van der Waals surface area contributed by atoms with E-state index in [4.69, 9.17) is 4.74 Å². The Morgan fingerprint density at radius 3 is 2.50 bits per heavy atom. The van der Waals surface area contributed by atoms with Crippen LogP contribution >= 0.6 is 15.9 Å². The van der Waals surface area contributed by atoms with Crippen LogP contribution in [0.4, 0.5) is 5.69 Å². The zero-order valence-electron chi connectivity index (χ0n) is 12.8. The van der Waals surface area contributed by atoms with Gasteiger partial charge in [-0.3, -0.25) is 4.79 Å². The van der Waals surface area contributed by atoms with Gasteiger partial charge in [0.1, 0.15) is 5.75 Å². The number of carbonyl (C=O) groups excluding carboxylic acids is 1. The molecule has 2 aromatic carbocycles. The highest BCUT2D eigenvalue weighted by atomic mass is 79.9. The fraction of sp³-hybridized carbons (Fsp3) is 0.278. The number of rotatable bonds is 6. The minimum atomic E-state index is -0.182. The number of para-hydroxylation sites is 1. The Balaban J connectivity index is 1.87. The van der Waals surface area contributed by atoms with Gasteiger partial charge in [-0.2, -0.15) is 0 Å². The molecule has 0 radical (unpaired) electrons. The van der Waals surface area contributed by atoms with Gasteiger partial charge in [0.25, 0.3) is 5.91 Å². The second-order valence-corrected chi connectivity index (χ2v) is 6.05. The molecule has 0 heterocycles. The number of amides is 1. The molecule has 3 nitrogen and oxygen atoms in total. The van der Waals surface area contributed by atoms with E-state index in [1.54, 1.807) is 0 Å². The molecule has 1 unspecified atom stereocenters. The lowest BCUT2D eigenvalue weighted by Gasteiger charge is -2.11. The maximum atomic E-state index is 11.9. The third-order valence-corrected chi connectivity index (χ3v) is 4.27. The van der Waals surface area contributed by atoms with Gasteiger partial charge >= 0.3 is 0 Å². The minimum absolute atomic E-state index is 0.00991. The predicted molar refractivity (Wildman–Crippen MR) is 93.4 cm³/mol. The first-order valence-corrected chi connectivity index (χ1v) is 8.16. The summed E-state index contributed by atoms with van der Waals surface area (Å²) in [5.74, 6) is 1.06. The lowest BCUT2D eigenvalue weighted by Crippen LogP contribution is -2.20. The van der Waals surface area contributed by atoms with Crippen LogP contribution in [0.15, 0.2) is 53.0 Å². The summed E-state index contributed by atoms with van der Waals surface area (Å²) in [6, 6.07) is 15.4. The van der Waals surface area contributed by atoms with Crippen molar-refractivity contribution in [3.05, 3.63) is 58.6 Å². The molecule has 22 heavy (non-hydrogen) atoms. The molecule has 2 rings (SSSR count). The molecule has 0 bridgehead atoms. The Hall–Kier alpha value is -1.81. The number of anilines is 1. The molecule has 0 fully saturated rings. The Kier molecular flexibility index (Phi) is 6.01. The van der Waals surface area contributed by atoms with Gasteiger partial charge in [-0.05, 0) is 58.1 Å². The zero-order chi connectivity index (χ0) is 15.9. The molecule has 0 aliphatic heterocycles. The van der Waals surface area contributed by atoms with E-state index in [1.165, 1.54) is 5.56 Å². The molecule has 0 aliphatic carbocycles. The highest BCUT2D eigenvalue weighted by Gasteiger charge is 2.07. The Morgan fingerprint density at radius 2 is 1.86 bits per heavy atom. The van der Waals surface area contributed by atoms with Crippen LogP contribution in [0.2, 0.25) is 0 Å². The van der Waals surface area contributed by atoms with Crippen LogP contribution in [0.3, 0.4) is 0 Å². The SMILES string of the molecule is CCC(C)c1ccc(OCC(=O)Nc2ccccc2Br)cc1. The van der Waals surface area contributed by atoms with Crippen LogP contribution in [-0.4, -0.2) is 12.5 Å². The predicted octanol–water partition coefficient (Wildman–Crippen LogP) is 4.98. The number of carbonyl (C=O) groups is 1. The van der Waals surface area contributed by atoms with Gasteiger partial charge < -0.3 is 10.1 Å². The molecular weight excluding hydrogens is 342 g/mol.